The van der Waals surface area contributed by atoms with Crippen LogP contribution < -0.4 is 4.74 Å². The first kappa shape index (κ1) is 22.1. The van der Waals surface area contributed by atoms with Gasteiger partial charge >= 0.3 is 6.09 Å². The van der Waals surface area contributed by atoms with Crippen LogP contribution in [0.25, 0.3) is 10.9 Å². The number of H-pyrrole nitrogens is 1. The van der Waals surface area contributed by atoms with Gasteiger partial charge in [-0.25, -0.2) is 4.79 Å². The van der Waals surface area contributed by atoms with E-state index < -0.39 is 0 Å². The van der Waals surface area contributed by atoms with Crippen molar-refractivity contribution < 1.29 is 19.4 Å². The Hall–Kier alpha value is -2.70. The summed E-state index contributed by atoms with van der Waals surface area (Å²) in [6, 6.07) is 13.4. The summed E-state index contributed by atoms with van der Waals surface area (Å²) in [6.45, 7) is 1.15. The number of fused-ring (bicyclic) bond motifs is 3. The van der Waals surface area contributed by atoms with Gasteiger partial charge in [-0.1, -0.05) is 23.7 Å². The van der Waals surface area contributed by atoms with E-state index in [0.29, 0.717) is 24.6 Å². The monoisotopic (exact) mass is 468 g/mol. The molecular weight excluding hydrogens is 440 g/mol. The Morgan fingerprint density at radius 1 is 1.15 bits per heavy atom. The number of aliphatic hydroxyl groups excluding tert-OH is 1. The number of carbonyl (C=O) groups excluding carboxylic acids is 1. The van der Waals surface area contributed by atoms with Crippen molar-refractivity contribution in [3.05, 3.63) is 64.3 Å². The summed E-state index contributed by atoms with van der Waals surface area (Å²) in [4.78, 5) is 18.7. The number of hydrogen-bond donors (Lipinski definition) is 2. The quantitative estimate of drug-likeness (QED) is 0.461. The SMILES string of the molecule is O=C(OC1CCCC1)N1CCc2c([nH]c3ccc(Cl)cc23)[C@@H]1c1ccc(OCCCO)cc1. The van der Waals surface area contributed by atoms with Crippen LogP contribution in [0.4, 0.5) is 4.79 Å². The van der Waals surface area contributed by atoms with Gasteiger partial charge in [-0.3, -0.25) is 4.90 Å². The molecule has 7 heteroatoms. The highest BCUT2D eigenvalue weighted by molar-refractivity contribution is 6.31. The van der Waals surface area contributed by atoms with Crippen molar-refractivity contribution in [2.75, 3.05) is 19.8 Å². The number of benzene rings is 2. The van der Waals surface area contributed by atoms with Gasteiger partial charge in [0.25, 0.3) is 0 Å². The first-order valence-electron chi connectivity index (χ1n) is 11.7. The molecule has 6 nitrogen and oxygen atoms in total. The van der Waals surface area contributed by atoms with Crippen LogP contribution in [0.15, 0.2) is 42.5 Å². The zero-order chi connectivity index (χ0) is 22.8. The minimum atomic E-state index is -0.277. The predicted molar refractivity (Wildman–Crippen MR) is 128 cm³/mol. The molecule has 0 spiro atoms. The van der Waals surface area contributed by atoms with Gasteiger partial charge in [0, 0.05) is 41.2 Å². The molecule has 2 heterocycles. The molecule has 1 fully saturated rings. The molecule has 2 aromatic carbocycles. The molecule has 2 N–H and O–H groups in total. The zero-order valence-electron chi connectivity index (χ0n) is 18.6. The fourth-order valence-electron chi connectivity index (χ4n) is 5.02. The number of aromatic nitrogens is 1. The van der Waals surface area contributed by atoms with Gasteiger partial charge in [-0.2, -0.15) is 0 Å². The molecule has 3 aromatic rings. The molecule has 1 aliphatic heterocycles. The minimum Gasteiger partial charge on any atom is -0.494 e. The van der Waals surface area contributed by atoms with Crippen molar-refractivity contribution in [2.45, 2.75) is 50.7 Å². The Labute approximate surface area is 198 Å². The van der Waals surface area contributed by atoms with Gasteiger partial charge in [-0.15, -0.1) is 0 Å². The predicted octanol–water partition coefficient (Wildman–Crippen LogP) is 5.61. The topological polar surface area (TPSA) is 74.8 Å². The zero-order valence-corrected chi connectivity index (χ0v) is 19.3. The number of nitrogens with zero attached hydrogens (tertiary/aromatic N) is 1. The molecule has 1 amide bonds. The Balaban J connectivity index is 1.49. The van der Waals surface area contributed by atoms with Gasteiger partial charge in [0.05, 0.1) is 6.61 Å². The van der Waals surface area contributed by atoms with Crippen LogP contribution in [0.2, 0.25) is 5.02 Å². The van der Waals surface area contributed by atoms with Crippen molar-refractivity contribution in [3.63, 3.8) is 0 Å². The van der Waals surface area contributed by atoms with Crippen molar-refractivity contribution in [1.82, 2.24) is 9.88 Å². The average molecular weight is 469 g/mol. The van der Waals surface area contributed by atoms with E-state index in [1.165, 1.54) is 5.56 Å². The first-order chi connectivity index (χ1) is 16.1. The lowest BCUT2D eigenvalue weighted by atomic mass is 9.92. The van der Waals surface area contributed by atoms with E-state index in [9.17, 15) is 4.79 Å². The fraction of sp³-hybridized carbons (Fsp3) is 0.423. The van der Waals surface area contributed by atoms with E-state index in [1.54, 1.807) is 0 Å². The second-order valence-corrected chi connectivity index (χ2v) is 9.27. The summed E-state index contributed by atoms with van der Waals surface area (Å²) in [5.41, 5.74) is 4.22. The van der Waals surface area contributed by atoms with Crippen LogP contribution in [-0.4, -0.2) is 46.9 Å². The average Bonchev–Trinajstić information content (AvgIpc) is 3.46. The molecule has 0 saturated heterocycles. The van der Waals surface area contributed by atoms with Gasteiger partial charge in [-0.05, 0) is 73.6 Å². The summed E-state index contributed by atoms with van der Waals surface area (Å²) in [7, 11) is 0. The second-order valence-electron chi connectivity index (χ2n) is 8.84. The van der Waals surface area contributed by atoms with Crippen molar-refractivity contribution in [2.24, 2.45) is 0 Å². The van der Waals surface area contributed by atoms with Gasteiger partial charge in [0.15, 0.2) is 0 Å². The number of aromatic amines is 1. The van der Waals surface area contributed by atoms with E-state index in [1.807, 2.05) is 47.4 Å². The molecular formula is C26H29ClN2O4. The van der Waals surface area contributed by atoms with Crippen LogP contribution in [0, 0.1) is 0 Å². The van der Waals surface area contributed by atoms with Gasteiger partial charge in [0.2, 0.25) is 0 Å². The lowest BCUT2D eigenvalue weighted by Crippen LogP contribution is -2.42. The molecule has 0 bridgehead atoms. The van der Waals surface area contributed by atoms with Gasteiger partial charge in [0.1, 0.15) is 17.9 Å². The summed E-state index contributed by atoms with van der Waals surface area (Å²) < 4.78 is 11.6. The van der Waals surface area contributed by atoms with Crippen LogP contribution in [-0.2, 0) is 11.2 Å². The summed E-state index contributed by atoms with van der Waals surface area (Å²) in [6.07, 6.45) is 5.22. The largest absolute Gasteiger partial charge is 0.494 e. The van der Waals surface area contributed by atoms with E-state index in [0.717, 1.165) is 60.0 Å². The summed E-state index contributed by atoms with van der Waals surface area (Å²) in [5.74, 6) is 0.742. The number of rotatable bonds is 6. The van der Waals surface area contributed by atoms with E-state index in [-0.39, 0.29) is 24.8 Å². The summed E-state index contributed by atoms with van der Waals surface area (Å²) in [5, 5.41) is 10.8. The minimum absolute atomic E-state index is 0.0170. The van der Waals surface area contributed by atoms with Crippen molar-refractivity contribution in [3.8, 4) is 5.75 Å². The molecule has 1 saturated carbocycles. The molecule has 5 rings (SSSR count). The first-order valence-corrected chi connectivity index (χ1v) is 12.1. The Morgan fingerprint density at radius 2 is 1.94 bits per heavy atom. The standard InChI is InChI=1S/C26H29ClN2O4/c27-18-8-11-23-22(16-18)21-12-13-29(26(31)33-20-4-1-2-5-20)25(24(21)28-23)17-6-9-19(10-7-17)32-15-3-14-30/h6-11,16,20,25,28,30H,1-5,12-15H2/t25-/m0/s1. The number of amides is 1. The molecule has 0 unspecified atom stereocenters. The second kappa shape index (κ2) is 9.65. The maximum Gasteiger partial charge on any atom is 0.410 e. The highest BCUT2D eigenvalue weighted by atomic mass is 35.5. The van der Waals surface area contributed by atoms with Crippen LogP contribution >= 0.6 is 11.6 Å². The van der Waals surface area contributed by atoms with E-state index in [4.69, 9.17) is 26.2 Å². The Morgan fingerprint density at radius 3 is 2.70 bits per heavy atom. The van der Waals surface area contributed by atoms with Crippen LogP contribution in [0.3, 0.4) is 0 Å². The Bertz CT molecular complexity index is 1120. The highest BCUT2D eigenvalue weighted by Gasteiger charge is 2.36. The number of halogens is 1. The molecule has 33 heavy (non-hydrogen) atoms. The lowest BCUT2D eigenvalue weighted by molar-refractivity contribution is 0.0551. The van der Waals surface area contributed by atoms with Crippen LogP contribution in [0.5, 0.6) is 5.75 Å². The third-order valence-corrected chi connectivity index (χ3v) is 6.90. The van der Waals surface area contributed by atoms with E-state index >= 15 is 0 Å². The van der Waals surface area contributed by atoms with Crippen molar-refractivity contribution in [1.29, 1.82) is 0 Å². The number of aliphatic hydroxyl groups is 1. The van der Waals surface area contributed by atoms with E-state index in [2.05, 4.69) is 4.98 Å². The molecule has 174 valence electrons. The highest BCUT2D eigenvalue weighted by Crippen LogP contribution is 2.40. The number of hydrogen-bond acceptors (Lipinski definition) is 4. The summed E-state index contributed by atoms with van der Waals surface area (Å²) >= 11 is 6.29. The molecule has 0 radical (unpaired) electrons. The number of carbonyl (C=O) groups is 1. The molecule has 1 aliphatic carbocycles. The third-order valence-electron chi connectivity index (χ3n) is 6.66. The maximum atomic E-state index is 13.3. The molecule has 1 aromatic heterocycles. The number of nitrogens with one attached hydrogen (secondary N) is 1. The fourth-order valence-corrected chi connectivity index (χ4v) is 5.19. The lowest BCUT2D eigenvalue weighted by Gasteiger charge is -2.36. The van der Waals surface area contributed by atoms with Crippen LogP contribution in [0.1, 0.15) is 55.0 Å². The maximum absolute atomic E-state index is 13.3. The Kier molecular flexibility index (Phi) is 6.47. The smallest absolute Gasteiger partial charge is 0.410 e. The normalized spacial score (nSPS) is 18.5. The van der Waals surface area contributed by atoms with Crippen molar-refractivity contribution >= 4 is 28.6 Å². The number of ether oxygens (including phenoxy) is 2. The molecule has 2 aliphatic rings. The third kappa shape index (κ3) is 4.55. The van der Waals surface area contributed by atoms with Gasteiger partial charge < -0.3 is 19.6 Å². The molecule has 1 atom stereocenters.